The maximum absolute atomic E-state index is 5.31. The van der Waals surface area contributed by atoms with E-state index >= 15 is 0 Å². The molecule has 2 unspecified atom stereocenters. The summed E-state index contributed by atoms with van der Waals surface area (Å²) in [5.74, 6) is 1.30. The summed E-state index contributed by atoms with van der Waals surface area (Å²) in [7, 11) is 0. The van der Waals surface area contributed by atoms with Crippen molar-refractivity contribution in [1.82, 2.24) is 4.57 Å². The topological polar surface area (TPSA) is 29.6 Å². The summed E-state index contributed by atoms with van der Waals surface area (Å²) >= 11 is 0. The number of benzene rings is 7. The van der Waals surface area contributed by atoms with Crippen LogP contribution < -0.4 is 0 Å². The zero-order valence-corrected chi connectivity index (χ0v) is 30.9. The maximum Gasteiger partial charge on any atom is 0.160 e. The molecule has 7 aromatic carbocycles. The van der Waals surface area contributed by atoms with Crippen LogP contribution in [0, 0.1) is 0 Å². The second-order valence-corrected chi connectivity index (χ2v) is 14.8. The smallest absolute Gasteiger partial charge is 0.160 e. The van der Waals surface area contributed by atoms with Crippen molar-refractivity contribution in [3.8, 4) is 16.8 Å². The number of hydrogen-bond donors (Lipinski definition) is 0. The Morgan fingerprint density at radius 3 is 2.11 bits per heavy atom. The molecule has 2 aliphatic rings. The molecule has 3 heteroatoms. The van der Waals surface area contributed by atoms with Crippen molar-refractivity contribution in [3.63, 3.8) is 0 Å². The summed E-state index contributed by atoms with van der Waals surface area (Å²) in [4.78, 5) is 10.5. The predicted molar refractivity (Wildman–Crippen MR) is 231 cm³/mol. The number of nitrogens with zero attached hydrogens (tertiary/aromatic N) is 3. The van der Waals surface area contributed by atoms with Crippen LogP contribution in [0.3, 0.4) is 0 Å². The molecule has 0 radical (unpaired) electrons. The van der Waals surface area contributed by atoms with Crippen LogP contribution >= 0.6 is 0 Å². The molecule has 264 valence electrons. The van der Waals surface area contributed by atoms with E-state index in [0.29, 0.717) is 5.92 Å². The molecule has 0 saturated heterocycles. The summed E-state index contributed by atoms with van der Waals surface area (Å²) in [6, 6.07) is 63.6. The van der Waals surface area contributed by atoms with E-state index in [1.165, 1.54) is 55.3 Å². The highest BCUT2D eigenvalue weighted by atomic mass is 15.0. The van der Waals surface area contributed by atoms with E-state index in [-0.39, 0.29) is 5.92 Å². The number of fused-ring (bicyclic) bond motifs is 7. The van der Waals surface area contributed by atoms with Gasteiger partial charge in [0.25, 0.3) is 0 Å². The fraction of sp³-hybridized carbons (Fsp3) is 0.115. The Morgan fingerprint density at radius 1 is 0.600 bits per heavy atom. The van der Waals surface area contributed by atoms with E-state index < -0.39 is 0 Å². The van der Waals surface area contributed by atoms with E-state index in [4.69, 9.17) is 9.98 Å². The monoisotopic (exact) mass is 707 g/mol. The van der Waals surface area contributed by atoms with E-state index in [1.807, 2.05) is 6.07 Å². The van der Waals surface area contributed by atoms with Gasteiger partial charge in [0.1, 0.15) is 0 Å². The Hall–Kier alpha value is -6.58. The van der Waals surface area contributed by atoms with Gasteiger partial charge in [-0.25, -0.2) is 9.98 Å². The summed E-state index contributed by atoms with van der Waals surface area (Å²) < 4.78 is 2.49. The second kappa shape index (κ2) is 14.0. The van der Waals surface area contributed by atoms with Gasteiger partial charge in [0, 0.05) is 33.2 Å². The molecule has 3 nitrogen and oxygen atoms in total. The van der Waals surface area contributed by atoms with Crippen molar-refractivity contribution in [2.75, 3.05) is 0 Å². The van der Waals surface area contributed by atoms with Gasteiger partial charge < -0.3 is 4.57 Å². The Labute approximate surface area is 322 Å². The molecule has 0 bridgehead atoms. The molecular formula is C52H41N3. The van der Waals surface area contributed by atoms with Crippen LogP contribution in [-0.4, -0.2) is 16.1 Å². The molecule has 55 heavy (non-hydrogen) atoms. The normalized spacial score (nSPS) is 18.8. The highest BCUT2D eigenvalue weighted by Crippen LogP contribution is 2.50. The largest absolute Gasteiger partial charge is 0.309 e. The molecule has 0 spiro atoms. The minimum atomic E-state index is 0.258. The molecule has 0 saturated carbocycles. The van der Waals surface area contributed by atoms with Crippen molar-refractivity contribution in [2.24, 2.45) is 9.98 Å². The zero-order valence-electron chi connectivity index (χ0n) is 30.9. The SMILES string of the molecule is CC(c1cccc(C2=C/CC/C(c3ccccc3)=N/C(c3ccccc3)=N\2)c1)C1Cc2ccccc2-c2c1ccc1c3ccccc3n(-c3ccccc3)c21. The Balaban J connectivity index is 1.09. The fourth-order valence-electron chi connectivity index (χ4n) is 8.91. The first-order chi connectivity index (χ1) is 27.2. The lowest BCUT2D eigenvalue weighted by molar-refractivity contribution is 0.568. The summed E-state index contributed by atoms with van der Waals surface area (Å²) in [6.07, 6.45) is 5.01. The van der Waals surface area contributed by atoms with Gasteiger partial charge in [-0.1, -0.05) is 165 Å². The van der Waals surface area contributed by atoms with Gasteiger partial charge in [0.2, 0.25) is 0 Å². The van der Waals surface area contributed by atoms with Crippen molar-refractivity contribution in [2.45, 2.75) is 38.0 Å². The van der Waals surface area contributed by atoms with Crippen LogP contribution in [-0.2, 0) is 6.42 Å². The van der Waals surface area contributed by atoms with Gasteiger partial charge >= 0.3 is 0 Å². The Bertz CT molecular complexity index is 2790. The van der Waals surface area contributed by atoms with Crippen LogP contribution in [0.2, 0.25) is 0 Å². The minimum absolute atomic E-state index is 0.258. The lowest BCUT2D eigenvalue weighted by atomic mass is 9.71. The lowest BCUT2D eigenvalue weighted by Crippen LogP contribution is -2.18. The molecule has 0 fully saturated rings. The van der Waals surface area contributed by atoms with Gasteiger partial charge in [-0.3, -0.25) is 0 Å². The standard InChI is InChI=1S/C52H41N3/c1-35(38-22-15-23-40(33-38)48-29-16-28-47(36-17-5-2-6-18-36)53-52(54-48)37-19-7-3-8-20-37)46-34-39-21-11-12-26-42(39)50-44(46)31-32-45-43-27-13-14-30-49(43)55(51(45)50)41-24-9-4-10-25-41/h2-15,17-27,29-33,35,46H,16,28,34H2,1H3/b48-29-,53-47-,54-52-. The summed E-state index contributed by atoms with van der Waals surface area (Å²) in [6.45, 7) is 2.42. The molecule has 10 rings (SSSR count). The van der Waals surface area contributed by atoms with Crippen molar-refractivity contribution < 1.29 is 0 Å². The first kappa shape index (κ1) is 33.0. The van der Waals surface area contributed by atoms with Gasteiger partial charge in [-0.2, -0.15) is 0 Å². The van der Waals surface area contributed by atoms with E-state index in [0.717, 1.165) is 53.2 Å². The van der Waals surface area contributed by atoms with Gasteiger partial charge in [0.15, 0.2) is 5.84 Å². The first-order valence-electron chi connectivity index (χ1n) is 19.5. The maximum atomic E-state index is 5.31. The molecule has 2 atom stereocenters. The molecule has 0 N–H and O–H groups in total. The number of aromatic nitrogens is 1. The predicted octanol–water partition coefficient (Wildman–Crippen LogP) is 13.0. The Morgan fingerprint density at radius 2 is 1.29 bits per heavy atom. The average Bonchev–Trinajstić information content (AvgIpc) is 3.59. The number of aliphatic imine (C=N–C) groups is 2. The van der Waals surface area contributed by atoms with Crippen LogP contribution in [0.4, 0.5) is 0 Å². The lowest BCUT2D eigenvalue weighted by Gasteiger charge is -2.33. The third kappa shape index (κ3) is 5.93. The number of para-hydroxylation sites is 2. The molecule has 2 heterocycles. The first-order valence-corrected chi connectivity index (χ1v) is 19.5. The van der Waals surface area contributed by atoms with Crippen molar-refractivity contribution >= 4 is 39.1 Å². The van der Waals surface area contributed by atoms with Gasteiger partial charge in [-0.05, 0) is 83.2 Å². The molecular weight excluding hydrogens is 667 g/mol. The Kier molecular flexibility index (Phi) is 8.41. The molecule has 0 amide bonds. The third-order valence-electron chi connectivity index (χ3n) is 11.6. The third-order valence-corrected chi connectivity index (χ3v) is 11.6. The molecule has 1 aliphatic carbocycles. The number of allylic oxidation sites excluding steroid dienone is 1. The number of rotatable bonds is 6. The fourth-order valence-corrected chi connectivity index (χ4v) is 8.91. The highest BCUT2D eigenvalue weighted by molar-refractivity contribution is 6.15. The average molecular weight is 708 g/mol. The molecule has 8 aromatic rings. The number of hydrogen-bond acceptors (Lipinski definition) is 2. The highest BCUT2D eigenvalue weighted by Gasteiger charge is 2.32. The molecule has 1 aromatic heterocycles. The van der Waals surface area contributed by atoms with Crippen LogP contribution in [0.15, 0.2) is 192 Å². The zero-order chi connectivity index (χ0) is 36.7. The molecule has 1 aliphatic heterocycles. The van der Waals surface area contributed by atoms with E-state index in [1.54, 1.807) is 0 Å². The minimum Gasteiger partial charge on any atom is -0.309 e. The van der Waals surface area contributed by atoms with E-state index in [9.17, 15) is 0 Å². The van der Waals surface area contributed by atoms with Gasteiger partial charge in [-0.15, -0.1) is 0 Å². The van der Waals surface area contributed by atoms with Crippen LogP contribution in [0.5, 0.6) is 0 Å². The van der Waals surface area contributed by atoms with Crippen LogP contribution in [0.25, 0.3) is 44.3 Å². The summed E-state index contributed by atoms with van der Waals surface area (Å²) in [5, 5.41) is 2.58. The van der Waals surface area contributed by atoms with Gasteiger partial charge in [0.05, 0.1) is 22.4 Å². The van der Waals surface area contributed by atoms with E-state index in [2.05, 4.69) is 187 Å². The van der Waals surface area contributed by atoms with Crippen molar-refractivity contribution in [1.29, 1.82) is 0 Å². The quantitative estimate of drug-likeness (QED) is 0.165. The van der Waals surface area contributed by atoms with Crippen LogP contribution in [0.1, 0.15) is 65.0 Å². The second-order valence-electron chi connectivity index (χ2n) is 14.8. The summed E-state index contributed by atoms with van der Waals surface area (Å²) in [5.41, 5.74) is 15.9. The van der Waals surface area contributed by atoms with Crippen molar-refractivity contribution in [3.05, 3.63) is 215 Å². The number of amidine groups is 1.